The zero-order chi connectivity index (χ0) is 23.5. The third-order valence-electron chi connectivity index (χ3n) is 5.67. The van der Waals surface area contributed by atoms with Crippen molar-refractivity contribution in [3.8, 4) is 17.0 Å². The molecule has 1 aromatic heterocycles. The molecule has 0 amide bonds. The Hall–Kier alpha value is -3.00. The fourth-order valence-electron chi connectivity index (χ4n) is 3.95. The number of morpholine rings is 1. The maximum atomic E-state index is 9.69. The van der Waals surface area contributed by atoms with E-state index in [1.165, 1.54) is 0 Å². The number of carbonyl (C=O) groups is 1. The Morgan fingerprint density at radius 2 is 1.88 bits per heavy atom. The first-order valence-corrected chi connectivity index (χ1v) is 11.3. The van der Waals surface area contributed by atoms with Gasteiger partial charge in [-0.25, -0.2) is 4.98 Å². The summed E-state index contributed by atoms with van der Waals surface area (Å²) in [5.74, 6) is 0.869. The number of ether oxygens (including phenoxy) is 2. The Labute approximate surface area is 194 Å². The maximum absolute atomic E-state index is 9.69. The molecule has 7 nitrogen and oxygen atoms in total. The number of fused-ring (bicyclic) bond motifs is 1. The smallest absolute Gasteiger partial charge is 0.290 e. The van der Waals surface area contributed by atoms with Crippen molar-refractivity contribution in [3.63, 3.8) is 0 Å². The van der Waals surface area contributed by atoms with Crippen molar-refractivity contribution in [1.82, 2.24) is 9.88 Å². The van der Waals surface area contributed by atoms with Gasteiger partial charge in [0, 0.05) is 29.6 Å². The third-order valence-corrected chi connectivity index (χ3v) is 5.67. The summed E-state index contributed by atoms with van der Waals surface area (Å²) in [6, 6.07) is 16.2. The predicted molar refractivity (Wildman–Crippen MR) is 129 cm³/mol. The zero-order valence-corrected chi connectivity index (χ0v) is 19.1. The van der Waals surface area contributed by atoms with E-state index in [1.54, 1.807) is 0 Å². The normalized spacial score (nSPS) is 13.9. The van der Waals surface area contributed by atoms with Crippen LogP contribution < -0.4 is 4.74 Å². The van der Waals surface area contributed by atoms with Crippen LogP contribution in [0.2, 0.25) is 0 Å². The number of aromatic nitrogens is 1. The lowest BCUT2D eigenvalue weighted by Gasteiger charge is -2.26. The number of hydrogen-bond acceptors (Lipinski definition) is 6. The number of carboxylic acid groups (broad SMARTS) is 1. The first kappa shape index (κ1) is 24.6. The molecular weight excluding hydrogens is 420 g/mol. The van der Waals surface area contributed by atoms with Gasteiger partial charge in [-0.2, -0.15) is 0 Å². The maximum Gasteiger partial charge on any atom is 0.290 e. The van der Waals surface area contributed by atoms with Crippen molar-refractivity contribution in [1.29, 1.82) is 0 Å². The van der Waals surface area contributed by atoms with Crippen molar-refractivity contribution < 1.29 is 24.5 Å². The van der Waals surface area contributed by atoms with Crippen molar-refractivity contribution in [2.24, 2.45) is 0 Å². The molecule has 33 heavy (non-hydrogen) atoms. The summed E-state index contributed by atoms with van der Waals surface area (Å²) in [5.41, 5.74) is 4.80. The Morgan fingerprint density at radius 1 is 1.12 bits per heavy atom. The molecule has 0 bridgehead atoms. The Bertz CT molecular complexity index is 1030. The number of pyridine rings is 1. The number of para-hydroxylation sites is 1. The molecule has 2 N–H and O–H groups in total. The molecule has 0 atom stereocenters. The molecule has 7 heteroatoms. The highest BCUT2D eigenvalue weighted by molar-refractivity contribution is 5.87. The summed E-state index contributed by atoms with van der Waals surface area (Å²) in [6.45, 7) is 7.44. The van der Waals surface area contributed by atoms with Crippen LogP contribution in [0, 0.1) is 6.92 Å². The summed E-state index contributed by atoms with van der Waals surface area (Å²) in [5, 5.41) is 17.7. The van der Waals surface area contributed by atoms with Gasteiger partial charge in [0.1, 0.15) is 5.75 Å². The van der Waals surface area contributed by atoms with Gasteiger partial charge in [-0.05, 0) is 50.1 Å². The minimum absolute atomic E-state index is 0.0131. The molecule has 4 rings (SSSR count). The molecular formula is C26H32N2O5. The van der Waals surface area contributed by atoms with Gasteiger partial charge >= 0.3 is 0 Å². The molecule has 2 aromatic carbocycles. The van der Waals surface area contributed by atoms with Gasteiger partial charge in [0.15, 0.2) is 0 Å². The second kappa shape index (κ2) is 12.9. The van der Waals surface area contributed by atoms with E-state index in [9.17, 15) is 5.11 Å². The fourth-order valence-corrected chi connectivity index (χ4v) is 3.95. The number of nitrogens with zero attached hydrogens (tertiary/aromatic N) is 2. The van der Waals surface area contributed by atoms with Crippen molar-refractivity contribution in [2.75, 3.05) is 39.5 Å². The number of aliphatic hydroxyl groups is 1. The fraction of sp³-hybridized carbons (Fsp3) is 0.385. The lowest BCUT2D eigenvalue weighted by molar-refractivity contribution is -0.122. The first-order chi connectivity index (χ1) is 16.2. The van der Waals surface area contributed by atoms with Crippen LogP contribution in [0.25, 0.3) is 22.2 Å². The molecule has 1 aliphatic rings. The molecule has 176 valence electrons. The minimum atomic E-state index is -0.250. The van der Waals surface area contributed by atoms with Gasteiger partial charge in [-0.15, -0.1) is 0 Å². The molecule has 0 spiro atoms. The topological polar surface area (TPSA) is 92.1 Å². The number of aryl methyl sites for hydroxylation is 1. The molecule has 2 heterocycles. The van der Waals surface area contributed by atoms with E-state index in [0.29, 0.717) is 6.61 Å². The van der Waals surface area contributed by atoms with Crippen LogP contribution in [-0.4, -0.2) is 66.0 Å². The molecule has 1 saturated heterocycles. The van der Waals surface area contributed by atoms with E-state index < -0.39 is 0 Å². The number of aliphatic hydroxyl groups excluding tert-OH is 1. The van der Waals surface area contributed by atoms with Crippen LogP contribution in [0.15, 0.2) is 48.5 Å². The molecule has 0 unspecified atom stereocenters. The average Bonchev–Trinajstić information content (AvgIpc) is 2.85. The number of benzene rings is 2. The highest BCUT2D eigenvalue weighted by Crippen LogP contribution is 2.28. The van der Waals surface area contributed by atoms with Crippen LogP contribution in [0.4, 0.5) is 0 Å². The van der Waals surface area contributed by atoms with Gasteiger partial charge in [0.25, 0.3) is 6.47 Å². The molecule has 0 radical (unpaired) electrons. The molecule has 0 aliphatic carbocycles. The Morgan fingerprint density at radius 3 is 2.64 bits per heavy atom. The highest BCUT2D eigenvalue weighted by atomic mass is 16.5. The lowest BCUT2D eigenvalue weighted by Crippen LogP contribution is -2.36. The van der Waals surface area contributed by atoms with Crippen LogP contribution in [0.3, 0.4) is 0 Å². The second-order valence-corrected chi connectivity index (χ2v) is 7.94. The van der Waals surface area contributed by atoms with E-state index in [0.717, 1.165) is 84.7 Å². The van der Waals surface area contributed by atoms with E-state index in [4.69, 9.17) is 24.4 Å². The quantitative estimate of drug-likeness (QED) is 0.396. The molecule has 1 aliphatic heterocycles. The predicted octanol–water partition coefficient (Wildman–Crippen LogP) is 3.89. The molecule has 3 aromatic rings. The van der Waals surface area contributed by atoms with E-state index >= 15 is 0 Å². The number of unbranched alkanes of at least 4 members (excludes halogenated alkanes) is 1. The van der Waals surface area contributed by atoms with Crippen LogP contribution in [0.5, 0.6) is 5.75 Å². The largest absolute Gasteiger partial charge is 0.494 e. The highest BCUT2D eigenvalue weighted by Gasteiger charge is 2.10. The summed E-state index contributed by atoms with van der Waals surface area (Å²) in [6.07, 6.45) is 2.17. The second-order valence-electron chi connectivity index (χ2n) is 7.94. The van der Waals surface area contributed by atoms with Crippen LogP contribution in [0.1, 0.15) is 24.0 Å². The first-order valence-electron chi connectivity index (χ1n) is 11.3. The van der Waals surface area contributed by atoms with E-state index in [-0.39, 0.29) is 13.1 Å². The van der Waals surface area contributed by atoms with Gasteiger partial charge < -0.3 is 19.7 Å². The number of hydrogen-bond donors (Lipinski definition) is 2. The van der Waals surface area contributed by atoms with Crippen molar-refractivity contribution in [2.45, 2.75) is 26.4 Å². The summed E-state index contributed by atoms with van der Waals surface area (Å²) in [4.78, 5) is 15.7. The average molecular weight is 453 g/mol. The lowest BCUT2D eigenvalue weighted by atomic mass is 10.0. The minimum Gasteiger partial charge on any atom is -0.494 e. The van der Waals surface area contributed by atoms with Gasteiger partial charge in [-0.1, -0.05) is 30.3 Å². The summed E-state index contributed by atoms with van der Waals surface area (Å²) in [7, 11) is 0. The van der Waals surface area contributed by atoms with Gasteiger partial charge in [-0.3, -0.25) is 9.69 Å². The Kier molecular flexibility index (Phi) is 9.62. The van der Waals surface area contributed by atoms with E-state index in [1.807, 2.05) is 24.3 Å². The van der Waals surface area contributed by atoms with Crippen LogP contribution in [-0.2, 0) is 16.1 Å². The SMILES string of the molecule is Cc1cc(-c2cccc(OCCCCN3CCOCC3)c2)nc2c(CO)cccc12.O=CO. The monoisotopic (exact) mass is 452 g/mol. The Balaban J connectivity index is 0.000000968. The van der Waals surface area contributed by atoms with E-state index in [2.05, 4.69) is 36.1 Å². The van der Waals surface area contributed by atoms with Gasteiger partial charge in [0.2, 0.25) is 0 Å². The molecule has 1 fully saturated rings. The number of rotatable bonds is 8. The van der Waals surface area contributed by atoms with Crippen molar-refractivity contribution >= 4 is 17.4 Å². The van der Waals surface area contributed by atoms with Crippen LogP contribution >= 0.6 is 0 Å². The summed E-state index contributed by atoms with van der Waals surface area (Å²) < 4.78 is 11.4. The third kappa shape index (κ3) is 6.99. The van der Waals surface area contributed by atoms with Gasteiger partial charge in [0.05, 0.1) is 37.6 Å². The summed E-state index contributed by atoms with van der Waals surface area (Å²) >= 11 is 0. The standard InChI is InChI=1S/C25H30N2O3.CH2O2/c1-19-16-24(26-25-21(18-28)7-5-9-23(19)25)20-6-4-8-22(17-20)30-13-3-2-10-27-11-14-29-15-12-27;2-1-3/h4-9,16-17,28H,2-3,10-15,18H2,1H3;1H,(H,2,3). The molecule has 0 saturated carbocycles. The van der Waals surface area contributed by atoms with Crippen molar-refractivity contribution in [3.05, 3.63) is 59.7 Å². The zero-order valence-electron chi connectivity index (χ0n) is 19.1.